The van der Waals surface area contributed by atoms with E-state index >= 15 is 0 Å². The van der Waals surface area contributed by atoms with Crippen molar-refractivity contribution in [3.8, 4) is 22.3 Å². The van der Waals surface area contributed by atoms with Gasteiger partial charge in [-0.2, -0.15) is 0 Å². The number of hydrogen-bond acceptors (Lipinski definition) is 2. The molecular formula is C34H32N4O2+2. The number of hydrogen-bond donors (Lipinski definition) is 2. The molecule has 3 aromatic carbocycles. The van der Waals surface area contributed by atoms with Crippen molar-refractivity contribution in [3.05, 3.63) is 133 Å². The molecule has 0 aliphatic rings. The Hall–Kier alpha value is -5.10. The van der Waals surface area contributed by atoms with Gasteiger partial charge in [0.1, 0.15) is 13.1 Å². The normalized spacial score (nSPS) is 10.7. The topological polar surface area (TPSA) is 66.0 Å². The van der Waals surface area contributed by atoms with Gasteiger partial charge in [0.2, 0.25) is 0 Å². The molecule has 5 rings (SSSR count). The second kappa shape index (κ2) is 12.2. The predicted molar refractivity (Wildman–Crippen MR) is 158 cm³/mol. The van der Waals surface area contributed by atoms with Gasteiger partial charge in [-0.1, -0.05) is 24.3 Å². The van der Waals surface area contributed by atoms with Crippen molar-refractivity contribution in [2.24, 2.45) is 0 Å². The summed E-state index contributed by atoms with van der Waals surface area (Å²) in [5.41, 5.74) is 6.76. The maximum atomic E-state index is 12.8. The molecule has 2 amide bonds. The fraction of sp³-hybridized carbons (Fsp3) is 0.118. The molecule has 0 aliphatic carbocycles. The zero-order chi connectivity index (χ0) is 27.9. The van der Waals surface area contributed by atoms with Crippen molar-refractivity contribution in [1.82, 2.24) is 0 Å². The molecule has 198 valence electrons. The number of carbonyl (C=O) groups is 2. The van der Waals surface area contributed by atoms with E-state index in [1.165, 1.54) is 0 Å². The number of pyridine rings is 2. The summed E-state index contributed by atoms with van der Waals surface area (Å²) in [5, 5.41) is 5.85. The van der Waals surface area contributed by atoms with Crippen LogP contribution in [-0.4, -0.2) is 11.8 Å². The second-order valence-electron chi connectivity index (χ2n) is 9.47. The van der Waals surface area contributed by atoms with Crippen LogP contribution in [0, 0.1) is 0 Å². The van der Waals surface area contributed by atoms with E-state index in [1.54, 1.807) is 24.3 Å². The van der Waals surface area contributed by atoms with Gasteiger partial charge in [0.05, 0.1) is 0 Å². The van der Waals surface area contributed by atoms with Crippen LogP contribution in [-0.2, 0) is 13.1 Å². The summed E-state index contributed by atoms with van der Waals surface area (Å²) in [6.07, 6.45) is 8.21. The van der Waals surface area contributed by atoms with Gasteiger partial charge in [-0.3, -0.25) is 9.59 Å². The maximum absolute atomic E-state index is 12.8. The highest BCUT2D eigenvalue weighted by Gasteiger charge is 2.11. The molecule has 6 nitrogen and oxygen atoms in total. The number of nitrogens with one attached hydrogen (secondary N) is 2. The lowest BCUT2D eigenvalue weighted by Gasteiger charge is -2.09. The van der Waals surface area contributed by atoms with Crippen LogP contribution in [0.5, 0.6) is 0 Å². The summed E-state index contributed by atoms with van der Waals surface area (Å²) in [4.78, 5) is 25.6. The van der Waals surface area contributed by atoms with Crippen molar-refractivity contribution in [1.29, 1.82) is 0 Å². The number of carbonyl (C=O) groups excluding carboxylic acids is 2. The third kappa shape index (κ3) is 6.30. The Morgan fingerprint density at radius 3 is 1.07 bits per heavy atom. The molecule has 0 saturated carbocycles. The number of anilines is 2. The Balaban J connectivity index is 1.17. The fourth-order valence-corrected chi connectivity index (χ4v) is 4.39. The fourth-order valence-electron chi connectivity index (χ4n) is 4.39. The molecule has 2 heterocycles. The minimum absolute atomic E-state index is 0.232. The number of nitrogens with zero attached hydrogens (tertiary/aromatic N) is 2. The highest BCUT2D eigenvalue weighted by Crippen LogP contribution is 2.22. The van der Waals surface area contributed by atoms with E-state index in [0.29, 0.717) is 22.5 Å². The quantitative estimate of drug-likeness (QED) is 0.238. The molecule has 0 radical (unpaired) electrons. The van der Waals surface area contributed by atoms with Crippen molar-refractivity contribution in [2.75, 3.05) is 10.6 Å². The van der Waals surface area contributed by atoms with Gasteiger partial charge in [0.15, 0.2) is 24.8 Å². The Bertz CT molecular complexity index is 1470. The molecule has 2 N–H and O–H groups in total. The standard InChI is InChI=1S/C34H30N4O2/c1-3-37-21-17-27(18-22-37)25-9-13-31(14-10-25)35-33(39)29-5-7-30(8-6-29)34(40)36-32-15-11-26(12-16-32)28-19-23-38(4-2)24-20-28/h5-24H,3-4H2,1-2H3/p+2. The third-order valence-electron chi connectivity index (χ3n) is 6.87. The first-order valence-corrected chi connectivity index (χ1v) is 13.4. The van der Waals surface area contributed by atoms with Crippen LogP contribution in [0.25, 0.3) is 22.3 Å². The van der Waals surface area contributed by atoms with Gasteiger partial charge in [-0.05, 0) is 84.6 Å². The van der Waals surface area contributed by atoms with Crippen LogP contribution < -0.4 is 19.8 Å². The Morgan fingerprint density at radius 1 is 0.475 bits per heavy atom. The minimum Gasteiger partial charge on any atom is -0.322 e. The summed E-state index contributed by atoms with van der Waals surface area (Å²) in [6, 6.07) is 30.5. The molecule has 5 aromatic rings. The Labute approximate surface area is 234 Å². The predicted octanol–water partition coefficient (Wildman–Crippen LogP) is 6.14. The summed E-state index contributed by atoms with van der Waals surface area (Å²) in [7, 11) is 0. The first-order valence-electron chi connectivity index (χ1n) is 13.4. The van der Waals surface area contributed by atoms with Gasteiger partial charge < -0.3 is 10.6 Å². The number of aromatic nitrogens is 2. The summed E-state index contributed by atoms with van der Waals surface area (Å²) < 4.78 is 4.22. The second-order valence-corrected chi connectivity index (χ2v) is 9.47. The summed E-state index contributed by atoms with van der Waals surface area (Å²) >= 11 is 0. The van der Waals surface area contributed by atoms with Crippen LogP contribution >= 0.6 is 0 Å². The van der Waals surface area contributed by atoms with Gasteiger partial charge in [0.25, 0.3) is 11.8 Å². The molecule has 40 heavy (non-hydrogen) atoms. The van der Waals surface area contributed by atoms with Gasteiger partial charge >= 0.3 is 0 Å². The molecular weight excluding hydrogens is 496 g/mol. The zero-order valence-corrected chi connectivity index (χ0v) is 22.7. The summed E-state index contributed by atoms with van der Waals surface area (Å²) in [6.45, 7) is 6.07. The molecule has 6 heteroatoms. The zero-order valence-electron chi connectivity index (χ0n) is 22.7. The average Bonchev–Trinajstić information content (AvgIpc) is 3.02. The van der Waals surface area contributed by atoms with Crippen LogP contribution in [0.2, 0.25) is 0 Å². The molecule has 0 fully saturated rings. The van der Waals surface area contributed by atoms with E-state index in [9.17, 15) is 9.59 Å². The van der Waals surface area contributed by atoms with Crippen LogP contribution in [0.3, 0.4) is 0 Å². The molecule has 0 aliphatic heterocycles. The highest BCUT2D eigenvalue weighted by molar-refractivity contribution is 6.07. The van der Waals surface area contributed by atoms with Gasteiger partial charge in [-0.25, -0.2) is 9.13 Å². The maximum Gasteiger partial charge on any atom is 0.255 e. The number of benzene rings is 3. The summed E-state index contributed by atoms with van der Waals surface area (Å²) in [5.74, 6) is -0.464. The van der Waals surface area contributed by atoms with Crippen LogP contribution in [0.1, 0.15) is 34.6 Å². The lowest BCUT2D eigenvalue weighted by Crippen LogP contribution is -2.30. The Kier molecular flexibility index (Phi) is 8.07. The number of amides is 2. The van der Waals surface area contributed by atoms with E-state index in [0.717, 1.165) is 35.3 Å². The van der Waals surface area contributed by atoms with E-state index in [4.69, 9.17) is 0 Å². The molecule has 0 bridgehead atoms. The monoisotopic (exact) mass is 528 g/mol. The van der Waals surface area contributed by atoms with Crippen LogP contribution in [0.15, 0.2) is 122 Å². The molecule has 0 saturated heterocycles. The van der Waals surface area contributed by atoms with Crippen molar-refractivity contribution in [3.63, 3.8) is 0 Å². The third-order valence-corrected chi connectivity index (χ3v) is 6.87. The molecule has 0 spiro atoms. The van der Waals surface area contributed by atoms with E-state index in [1.807, 2.05) is 48.5 Å². The van der Waals surface area contributed by atoms with Crippen molar-refractivity contribution < 1.29 is 18.7 Å². The molecule has 0 unspecified atom stereocenters. The van der Waals surface area contributed by atoms with Crippen molar-refractivity contribution >= 4 is 23.2 Å². The molecule has 0 atom stereocenters. The smallest absolute Gasteiger partial charge is 0.255 e. The highest BCUT2D eigenvalue weighted by atomic mass is 16.2. The van der Waals surface area contributed by atoms with Gasteiger partial charge in [-0.15, -0.1) is 0 Å². The lowest BCUT2D eigenvalue weighted by atomic mass is 10.1. The first-order chi connectivity index (χ1) is 19.5. The minimum atomic E-state index is -0.232. The van der Waals surface area contributed by atoms with E-state index in [2.05, 4.69) is 82.7 Å². The lowest BCUT2D eigenvalue weighted by molar-refractivity contribution is -0.693. The largest absolute Gasteiger partial charge is 0.322 e. The first kappa shape index (κ1) is 26.5. The van der Waals surface area contributed by atoms with Crippen molar-refractivity contribution in [2.45, 2.75) is 26.9 Å². The van der Waals surface area contributed by atoms with Gasteiger partial charge in [0, 0.05) is 46.8 Å². The number of aryl methyl sites for hydroxylation is 2. The Morgan fingerprint density at radius 2 is 0.775 bits per heavy atom. The average molecular weight is 529 g/mol. The number of rotatable bonds is 8. The van der Waals surface area contributed by atoms with Crippen LogP contribution in [0.4, 0.5) is 11.4 Å². The van der Waals surface area contributed by atoms with E-state index < -0.39 is 0 Å². The molecule has 2 aromatic heterocycles. The SMILES string of the molecule is CC[n+]1ccc(-c2ccc(NC(=O)c3ccc(C(=O)Nc4ccc(-c5cc[n+](CC)cc5)cc4)cc3)cc2)cc1. The van der Waals surface area contributed by atoms with E-state index in [-0.39, 0.29) is 11.8 Å².